The minimum atomic E-state index is -2.09. The molecule has 0 saturated heterocycles. The first kappa shape index (κ1) is 14.0. The summed E-state index contributed by atoms with van der Waals surface area (Å²) >= 11 is 0. The van der Waals surface area contributed by atoms with Gasteiger partial charge in [-0.15, -0.1) is 0 Å². The van der Waals surface area contributed by atoms with E-state index in [1.807, 2.05) is 0 Å². The second kappa shape index (κ2) is 5.53. The van der Waals surface area contributed by atoms with Crippen molar-refractivity contribution in [1.29, 1.82) is 0 Å². The highest BCUT2D eigenvalue weighted by atomic mass is 32.3. The summed E-state index contributed by atoms with van der Waals surface area (Å²) in [6, 6.07) is 6.74. The molecule has 0 bridgehead atoms. The fraction of sp³-hybridized carbons (Fsp3) is 0.400. The Morgan fingerprint density at radius 2 is 2.18 bits per heavy atom. The lowest BCUT2D eigenvalue weighted by Gasteiger charge is -2.21. The van der Waals surface area contributed by atoms with Gasteiger partial charge in [0.25, 0.3) is 0 Å². The lowest BCUT2D eigenvalue weighted by atomic mass is 9.80. The van der Waals surface area contributed by atoms with Crippen LogP contribution >= 0.6 is 10.2 Å². The van der Waals surface area contributed by atoms with Gasteiger partial charge in [0.2, 0.25) is 0 Å². The smallest absolute Gasteiger partial charge is 0.423 e. The molecule has 7 heteroatoms. The Morgan fingerprint density at radius 3 is 2.71 bits per heavy atom. The fourth-order valence-corrected chi connectivity index (χ4v) is 2.33. The number of benzene rings is 1. The van der Waals surface area contributed by atoms with Crippen molar-refractivity contribution >= 4 is 22.8 Å². The van der Waals surface area contributed by atoms with Gasteiger partial charge in [0.05, 0.1) is 9.22 Å². The molecule has 0 unspecified atom stereocenters. The molecule has 1 N–H and O–H groups in total. The highest BCUT2D eigenvalue weighted by Crippen LogP contribution is 2.48. The molecule has 0 radical (unpaired) electrons. The molecule has 0 aliphatic heterocycles. The lowest BCUT2D eigenvalue weighted by Crippen LogP contribution is -2.33. The highest BCUT2D eigenvalue weighted by Gasteiger charge is 2.28. The minimum absolute atomic E-state index is 0.265. The maximum absolute atomic E-state index is 11.0. The number of nitrogens with zero attached hydrogens (tertiary/aromatic N) is 1. The molecular formula is C10H16BNO4S. The normalized spacial score (nSPS) is 12.2. The van der Waals surface area contributed by atoms with E-state index in [1.165, 1.54) is 0 Å². The van der Waals surface area contributed by atoms with Gasteiger partial charge >= 0.3 is 7.12 Å². The summed E-state index contributed by atoms with van der Waals surface area (Å²) in [6.07, 6.45) is 3.22. The van der Waals surface area contributed by atoms with E-state index in [9.17, 15) is 15.1 Å². The van der Waals surface area contributed by atoms with E-state index < -0.39 is 17.3 Å². The molecule has 0 amide bonds. The Bertz CT molecular complexity index is 413. The molecule has 0 atom stereocenters. The molecule has 17 heavy (non-hydrogen) atoms. The first-order chi connectivity index (χ1) is 7.89. The SMILES string of the molecule is CCOB(O)c1cccc(S(C)(C)[N+](=O)[O-])c1. The van der Waals surface area contributed by atoms with E-state index >= 15 is 0 Å². The lowest BCUT2D eigenvalue weighted by molar-refractivity contribution is -0.295. The monoisotopic (exact) mass is 257 g/mol. The Kier molecular flexibility index (Phi) is 4.56. The van der Waals surface area contributed by atoms with E-state index in [0.29, 0.717) is 17.0 Å². The van der Waals surface area contributed by atoms with Crippen LogP contribution in [0.4, 0.5) is 0 Å². The van der Waals surface area contributed by atoms with Crippen LogP contribution in [0.15, 0.2) is 29.2 Å². The molecule has 0 aromatic heterocycles. The zero-order valence-electron chi connectivity index (χ0n) is 10.1. The van der Waals surface area contributed by atoms with E-state index in [0.717, 1.165) is 0 Å². The Labute approximate surface area is 103 Å². The molecule has 0 aliphatic carbocycles. The second-order valence-electron chi connectivity index (χ2n) is 3.88. The molecule has 0 saturated carbocycles. The van der Waals surface area contributed by atoms with Crippen molar-refractivity contribution in [2.45, 2.75) is 11.8 Å². The van der Waals surface area contributed by atoms with E-state index in [1.54, 1.807) is 43.7 Å². The fourth-order valence-electron chi connectivity index (χ4n) is 1.32. The van der Waals surface area contributed by atoms with Crippen molar-refractivity contribution in [3.8, 4) is 0 Å². The molecule has 5 nitrogen and oxygen atoms in total. The van der Waals surface area contributed by atoms with Gasteiger partial charge in [0, 0.05) is 29.3 Å². The van der Waals surface area contributed by atoms with Gasteiger partial charge in [-0.2, -0.15) is 0 Å². The van der Waals surface area contributed by atoms with Gasteiger partial charge < -0.3 is 9.68 Å². The zero-order valence-corrected chi connectivity index (χ0v) is 10.9. The Balaban J connectivity index is 3.05. The summed E-state index contributed by atoms with van der Waals surface area (Å²) in [4.78, 5) is 11.6. The third-order valence-corrected chi connectivity index (χ3v) is 4.57. The quantitative estimate of drug-likeness (QED) is 0.485. The van der Waals surface area contributed by atoms with E-state index in [2.05, 4.69) is 0 Å². The van der Waals surface area contributed by atoms with Crippen LogP contribution in [0.3, 0.4) is 0 Å². The summed E-state index contributed by atoms with van der Waals surface area (Å²) in [6.45, 7) is 2.16. The van der Waals surface area contributed by atoms with Gasteiger partial charge in [-0.05, 0) is 24.5 Å². The highest BCUT2D eigenvalue weighted by molar-refractivity contribution is 8.27. The molecule has 0 heterocycles. The Hall–Kier alpha value is -1.05. The van der Waals surface area contributed by atoms with Gasteiger partial charge in [-0.25, -0.2) is 0 Å². The van der Waals surface area contributed by atoms with Crippen LogP contribution in [0.5, 0.6) is 0 Å². The minimum Gasteiger partial charge on any atom is -0.423 e. The van der Waals surface area contributed by atoms with Crippen molar-refractivity contribution < 1.29 is 14.0 Å². The first-order valence-electron chi connectivity index (χ1n) is 5.17. The third-order valence-electron chi connectivity index (χ3n) is 2.42. The summed E-state index contributed by atoms with van der Waals surface area (Å²) in [5.41, 5.74) is 0.548. The number of nitro groups is 1. The van der Waals surface area contributed by atoms with Crippen molar-refractivity contribution in [2.75, 3.05) is 19.1 Å². The molecule has 1 rings (SSSR count). The predicted molar refractivity (Wildman–Crippen MR) is 70.4 cm³/mol. The number of hydrogen-bond donors (Lipinski definition) is 1. The molecule has 1 aromatic rings. The number of hydrogen-bond acceptors (Lipinski definition) is 4. The van der Waals surface area contributed by atoms with Crippen molar-refractivity contribution in [3.63, 3.8) is 0 Å². The average Bonchev–Trinajstić information content (AvgIpc) is 2.29. The predicted octanol–water partition coefficient (Wildman–Crippen LogP) is 1.03. The molecule has 94 valence electrons. The van der Waals surface area contributed by atoms with Crippen molar-refractivity contribution in [2.24, 2.45) is 0 Å². The van der Waals surface area contributed by atoms with Gasteiger partial charge in [-0.3, -0.25) is 10.1 Å². The zero-order chi connectivity index (χ0) is 13.1. The van der Waals surface area contributed by atoms with Crippen molar-refractivity contribution in [3.05, 3.63) is 34.4 Å². The average molecular weight is 257 g/mol. The van der Waals surface area contributed by atoms with Gasteiger partial charge in [-0.1, -0.05) is 12.1 Å². The van der Waals surface area contributed by atoms with Gasteiger partial charge in [0.1, 0.15) is 0 Å². The maximum Gasteiger partial charge on any atom is 0.491 e. The standard InChI is InChI=1S/C10H16BNO4S/c1-4-16-11(13)9-6-5-7-10(8-9)17(2,3)12(14)15/h5-8,13H,4H2,1-3H3. The summed E-state index contributed by atoms with van der Waals surface area (Å²) in [7, 11) is -3.12. The van der Waals surface area contributed by atoms with E-state index in [4.69, 9.17) is 4.65 Å². The van der Waals surface area contributed by atoms with Crippen LogP contribution < -0.4 is 5.46 Å². The van der Waals surface area contributed by atoms with Crippen LogP contribution in [-0.2, 0) is 4.65 Å². The molecular weight excluding hydrogens is 241 g/mol. The van der Waals surface area contributed by atoms with E-state index in [-0.39, 0.29) is 4.33 Å². The molecule has 0 spiro atoms. The topological polar surface area (TPSA) is 72.6 Å². The first-order valence-corrected chi connectivity index (χ1v) is 7.57. The van der Waals surface area contributed by atoms with Crippen LogP contribution in [0.25, 0.3) is 0 Å². The summed E-state index contributed by atoms with van der Waals surface area (Å²) in [5.74, 6) is 0. The Morgan fingerprint density at radius 1 is 1.53 bits per heavy atom. The van der Waals surface area contributed by atoms with Crippen LogP contribution in [0, 0.1) is 10.1 Å². The third kappa shape index (κ3) is 3.21. The molecule has 0 fully saturated rings. The van der Waals surface area contributed by atoms with Crippen molar-refractivity contribution in [1.82, 2.24) is 0 Å². The van der Waals surface area contributed by atoms with Crippen LogP contribution in [0.1, 0.15) is 6.92 Å². The summed E-state index contributed by atoms with van der Waals surface area (Å²) in [5, 5.41) is 20.6. The van der Waals surface area contributed by atoms with Crippen LogP contribution in [0.2, 0.25) is 0 Å². The second-order valence-corrected chi connectivity index (χ2v) is 7.19. The van der Waals surface area contributed by atoms with Gasteiger partial charge in [0.15, 0.2) is 0 Å². The molecule has 1 aromatic carbocycles. The summed E-state index contributed by atoms with van der Waals surface area (Å²) < 4.78 is 4.79. The molecule has 0 aliphatic rings. The van der Waals surface area contributed by atoms with Crippen LogP contribution in [-0.4, -0.2) is 35.6 Å². The largest absolute Gasteiger partial charge is 0.491 e. The number of rotatable bonds is 5. The maximum atomic E-state index is 11.0.